The van der Waals surface area contributed by atoms with E-state index in [0.29, 0.717) is 6.42 Å². The summed E-state index contributed by atoms with van der Waals surface area (Å²) in [6.07, 6.45) is 0.430. The van der Waals surface area contributed by atoms with Crippen molar-refractivity contribution in [3.8, 4) is 0 Å². The molecule has 0 heterocycles. The molecule has 1 atom stereocenters. The van der Waals surface area contributed by atoms with E-state index in [1.807, 2.05) is 44.2 Å². The summed E-state index contributed by atoms with van der Waals surface area (Å²) in [7, 11) is 1.74. The molecule has 0 saturated heterocycles. The number of carbonyl (C=O) groups is 2. The lowest BCUT2D eigenvalue weighted by Crippen LogP contribution is -2.35. The molecule has 1 amide bonds. The van der Waals surface area contributed by atoms with Crippen LogP contribution in [0.25, 0.3) is 0 Å². The van der Waals surface area contributed by atoms with Gasteiger partial charge in [0.05, 0.1) is 5.75 Å². The lowest BCUT2D eigenvalue weighted by molar-refractivity contribution is -0.136. The van der Waals surface area contributed by atoms with E-state index in [2.05, 4.69) is 0 Å². The zero-order chi connectivity index (χ0) is 15.1. The van der Waals surface area contributed by atoms with Gasteiger partial charge in [-0.1, -0.05) is 30.3 Å². The second kappa shape index (κ2) is 7.94. The summed E-state index contributed by atoms with van der Waals surface area (Å²) in [6, 6.07) is 9.60. The van der Waals surface area contributed by atoms with Crippen LogP contribution in [0.2, 0.25) is 0 Å². The van der Waals surface area contributed by atoms with Crippen molar-refractivity contribution in [1.29, 1.82) is 0 Å². The Hall–Kier alpha value is -1.49. The van der Waals surface area contributed by atoms with Gasteiger partial charge in [0.2, 0.25) is 5.91 Å². The fraction of sp³-hybridized carbons (Fsp3) is 0.467. The Kier molecular flexibility index (Phi) is 6.58. The van der Waals surface area contributed by atoms with Gasteiger partial charge in [-0.15, -0.1) is 11.8 Å². The minimum absolute atomic E-state index is 0.0377. The number of nitrogens with zero attached hydrogens (tertiary/aromatic N) is 1. The highest BCUT2D eigenvalue weighted by atomic mass is 32.2. The van der Waals surface area contributed by atoms with Crippen molar-refractivity contribution < 1.29 is 14.7 Å². The molecule has 0 aliphatic carbocycles. The topological polar surface area (TPSA) is 57.6 Å². The van der Waals surface area contributed by atoms with Gasteiger partial charge in [0.25, 0.3) is 0 Å². The van der Waals surface area contributed by atoms with Crippen LogP contribution in [0.5, 0.6) is 0 Å². The van der Waals surface area contributed by atoms with Gasteiger partial charge in [0, 0.05) is 13.1 Å². The van der Waals surface area contributed by atoms with Gasteiger partial charge < -0.3 is 10.0 Å². The summed E-state index contributed by atoms with van der Waals surface area (Å²) < 4.78 is 0. The zero-order valence-corrected chi connectivity index (χ0v) is 12.9. The average Bonchev–Trinajstić information content (AvgIpc) is 2.42. The van der Waals surface area contributed by atoms with Crippen LogP contribution in [0.15, 0.2) is 30.3 Å². The molecule has 0 aromatic heterocycles. The van der Waals surface area contributed by atoms with Crippen molar-refractivity contribution in [3.63, 3.8) is 0 Å². The molecule has 20 heavy (non-hydrogen) atoms. The highest BCUT2D eigenvalue weighted by Gasteiger charge is 2.21. The third-order valence-electron chi connectivity index (χ3n) is 3.12. The molecule has 0 aliphatic heterocycles. The molecule has 1 aromatic rings. The van der Waals surface area contributed by atoms with Gasteiger partial charge in [0.1, 0.15) is 5.25 Å². The molecule has 0 bridgehead atoms. The summed E-state index contributed by atoms with van der Waals surface area (Å²) in [5.74, 6) is -0.721. The van der Waals surface area contributed by atoms with Crippen LogP contribution in [-0.4, -0.2) is 46.0 Å². The van der Waals surface area contributed by atoms with E-state index in [-0.39, 0.29) is 17.7 Å². The number of aliphatic carboxylic acids is 1. The minimum Gasteiger partial charge on any atom is -0.480 e. The standard InChI is InChI=1S/C15H21NO3S/c1-11(2)16(3)14(17)10-20-13(15(18)19)9-12-7-5-4-6-8-12/h4-8,11,13H,9-10H2,1-3H3,(H,18,19). The lowest BCUT2D eigenvalue weighted by Gasteiger charge is -2.22. The molecule has 5 heteroatoms. The van der Waals surface area contributed by atoms with Crippen molar-refractivity contribution in [1.82, 2.24) is 4.90 Å². The van der Waals surface area contributed by atoms with E-state index in [9.17, 15) is 14.7 Å². The first-order valence-corrected chi connectivity index (χ1v) is 7.60. The summed E-state index contributed by atoms with van der Waals surface area (Å²) in [4.78, 5) is 24.8. The van der Waals surface area contributed by atoms with Crippen LogP contribution in [-0.2, 0) is 16.0 Å². The maximum atomic E-state index is 11.9. The van der Waals surface area contributed by atoms with E-state index >= 15 is 0 Å². The molecule has 0 fully saturated rings. The van der Waals surface area contributed by atoms with Crippen LogP contribution in [0.4, 0.5) is 0 Å². The first-order chi connectivity index (χ1) is 9.41. The van der Waals surface area contributed by atoms with Crippen LogP contribution in [0, 0.1) is 0 Å². The van der Waals surface area contributed by atoms with Gasteiger partial charge in [-0.25, -0.2) is 0 Å². The Morgan fingerprint density at radius 1 is 1.25 bits per heavy atom. The van der Waals surface area contributed by atoms with E-state index in [1.54, 1.807) is 11.9 Å². The van der Waals surface area contributed by atoms with Crippen molar-refractivity contribution in [2.24, 2.45) is 0 Å². The van der Waals surface area contributed by atoms with E-state index < -0.39 is 11.2 Å². The van der Waals surface area contributed by atoms with Crippen molar-refractivity contribution in [2.75, 3.05) is 12.8 Å². The number of carboxylic acid groups (broad SMARTS) is 1. The number of rotatable bonds is 7. The molecular formula is C15H21NO3S. The Balaban J connectivity index is 2.56. The molecule has 1 rings (SSSR count). The third kappa shape index (κ3) is 5.25. The Labute approximate surface area is 124 Å². The first-order valence-electron chi connectivity index (χ1n) is 6.55. The van der Waals surface area contributed by atoms with Gasteiger partial charge in [-0.2, -0.15) is 0 Å². The van der Waals surface area contributed by atoms with Gasteiger partial charge in [0.15, 0.2) is 0 Å². The smallest absolute Gasteiger partial charge is 0.316 e. The second-order valence-corrected chi connectivity index (χ2v) is 6.12. The Bertz CT molecular complexity index is 448. The minimum atomic E-state index is -0.876. The quantitative estimate of drug-likeness (QED) is 0.838. The zero-order valence-electron chi connectivity index (χ0n) is 12.1. The summed E-state index contributed by atoms with van der Waals surface area (Å²) in [5.41, 5.74) is 0.970. The normalized spacial score (nSPS) is 12.2. The molecule has 1 aromatic carbocycles. The molecule has 4 nitrogen and oxygen atoms in total. The fourth-order valence-electron chi connectivity index (χ4n) is 1.61. The molecule has 0 radical (unpaired) electrons. The van der Waals surface area contributed by atoms with Crippen molar-refractivity contribution >= 4 is 23.6 Å². The number of hydrogen-bond acceptors (Lipinski definition) is 3. The van der Waals surface area contributed by atoms with Crippen LogP contribution in [0.3, 0.4) is 0 Å². The highest BCUT2D eigenvalue weighted by molar-refractivity contribution is 8.01. The van der Waals surface area contributed by atoms with Crippen molar-refractivity contribution in [3.05, 3.63) is 35.9 Å². The highest BCUT2D eigenvalue weighted by Crippen LogP contribution is 2.18. The molecule has 0 spiro atoms. The lowest BCUT2D eigenvalue weighted by atomic mass is 10.1. The van der Waals surface area contributed by atoms with Crippen LogP contribution >= 0.6 is 11.8 Å². The van der Waals surface area contributed by atoms with Gasteiger partial charge in [-0.05, 0) is 25.8 Å². The molecule has 110 valence electrons. The average molecular weight is 295 g/mol. The maximum Gasteiger partial charge on any atom is 0.316 e. The van der Waals surface area contributed by atoms with Gasteiger partial charge in [-0.3, -0.25) is 9.59 Å². The largest absolute Gasteiger partial charge is 0.480 e. The predicted molar refractivity (Wildman–Crippen MR) is 81.9 cm³/mol. The predicted octanol–water partition coefficient (Wildman–Crippen LogP) is 2.28. The molecule has 0 saturated carbocycles. The Morgan fingerprint density at radius 3 is 2.35 bits per heavy atom. The summed E-state index contributed by atoms with van der Waals surface area (Å²) in [5, 5.41) is 8.65. The summed E-state index contributed by atoms with van der Waals surface area (Å²) in [6.45, 7) is 3.86. The molecule has 1 unspecified atom stereocenters. The number of amides is 1. The molecule has 1 N–H and O–H groups in total. The Morgan fingerprint density at radius 2 is 1.85 bits per heavy atom. The van der Waals surface area contributed by atoms with E-state index in [4.69, 9.17) is 0 Å². The number of benzene rings is 1. The summed E-state index contributed by atoms with van der Waals surface area (Å²) >= 11 is 1.19. The molecule has 0 aliphatic rings. The maximum absolute atomic E-state index is 11.9. The van der Waals surface area contributed by atoms with Gasteiger partial charge >= 0.3 is 5.97 Å². The molecular weight excluding hydrogens is 274 g/mol. The van der Waals surface area contributed by atoms with Crippen molar-refractivity contribution in [2.45, 2.75) is 31.6 Å². The number of thioether (sulfide) groups is 1. The van der Waals surface area contributed by atoms with Crippen LogP contribution < -0.4 is 0 Å². The number of carboxylic acids is 1. The number of hydrogen-bond donors (Lipinski definition) is 1. The van der Waals surface area contributed by atoms with E-state index in [0.717, 1.165) is 5.56 Å². The van der Waals surface area contributed by atoms with Crippen LogP contribution in [0.1, 0.15) is 19.4 Å². The number of carbonyl (C=O) groups excluding carboxylic acids is 1. The monoisotopic (exact) mass is 295 g/mol. The third-order valence-corrected chi connectivity index (χ3v) is 4.30. The first kappa shape index (κ1) is 16.6. The SMILES string of the molecule is CC(C)N(C)C(=O)CSC(Cc1ccccc1)C(=O)O. The fourth-order valence-corrected chi connectivity index (χ4v) is 2.61. The van der Waals surface area contributed by atoms with E-state index in [1.165, 1.54) is 11.8 Å². The second-order valence-electron chi connectivity index (χ2n) is 4.93.